The zero-order valence-electron chi connectivity index (χ0n) is 14.6. The summed E-state index contributed by atoms with van der Waals surface area (Å²) in [5, 5.41) is 4.63. The summed E-state index contributed by atoms with van der Waals surface area (Å²) < 4.78 is 6.80. The summed E-state index contributed by atoms with van der Waals surface area (Å²) in [7, 11) is 0. The quantitative estimate of drug-likeness (QED) is 0.546. The molecule has 0 radical (unpaired) electrons. The summed E-state index contributed by atoms with van der Waals surface area (Å²) in [6, 6.07) is 12.2. The summed E-state index contributed by atoms with van der Waals surface area (Å²) in [4.78, 5) is 31.1. The number of benzene rings is 2. The Morgan fingerprint density at radius 3 is 2.48 bits per heavy atom. The van der Waals surface area contributed by atoms with Gasteiger partial charge < -0.3 is 9.51 Å². The third-order valence-electron chi connectivity index (χ3n) is 4.21. The molecule has 8 heteroatoms. The normalized spacial score (nSPS) is 11.4. The molecular weight excluding hydrogens is 368 g/mol. The lowest BCUT2D eigenvalue weighted by atomic mass is 10.1. The van der Waals surface area contributed by atoms with Crippen molar-refractivity contribution in [3.05, 3.63) is 68.2 Å². The lowest BCUT2D eigenvalue weighted by Gasteiger charge is -2.13. The molecule has 0 aliphatic heterocycles. The summed E-state index contributed by atoms with van der Waals surface area (Å²) in [6.45, 7) is 3.71. The molecule has 27 heavy (non-hydrogen) atoms. The third-order valence-corrected chi connectivity index (χ3v) is 4.46. The highest BCUT2D eigenvalue weighted by molar-refractivity contribution is 6.30. The molecule has 2 heterocycles. The van der Waals surface area contributed by atoms with Crippen LogP contribution in [0.25, 0.3) is 33.9 Å². The van der Waals surface area contributed by atoms with E-state index in [0.29, 0.717) is 33.3 Å². The number of fused-ring (bicyclic) bond motifs is 1. The van der Waals surface area contributed by atoms with Gasteiger partial charge in [-0.15, -0.1) is 0 Å². The van der Waals surface area contributed by atoms with E-state index >= 15 is 0 Å². The average molecular weight is 383 g/mol. The first-order chi connectivity index (χ1) is 12.9. The Morgan fingerprint density at radius 2 is 1.78 bits per heavy atom. The highest BCUT2D eigenvalue weighted by atomic mass is 35.5. The van der Waals surface area contributed by atoms with Gasteiger partial charge in [0.1, 0.15) is 0 Å². The van der Waals surface area contributed by atoms with Gasteiger partial charge in [0.05, 0.1) is 11.0 Å². The first-order valence-corrected chi connectivity index (χ1v) is 8.70. The van der Waals surface area contributed by atoms with Crippen molar-refractivity contribution in [1.82, 2.24) is 19.7 Å². The molecule has 4 aromatic rings. The SMILES string of the molecule is CC(C)n1c(=O)c(=O)[nH]c2cc(-c3noc(-c4ccc(Cl)cc4)n3)ccc21. The van der Waals surface area contributed by atoms with E-state index in [1.165, 1.54) is 4.57 Å². The molecule has 1 N–H and O–H groups in total. The lowest BCUT2D eigenvalue weighted by Crippen LogP contribution is -2.37. The number of nitrogens with one attached hydrogen (secondary N) is 1. The molecule has 0 aliphatic rings. The molecule has 0 unspecified atom stereocenters. The van der Waals surface area contributed by atoms with E-state index in [2.05, 4.69) is 15.1 Å². The summed E-state index contributed by atoms with van der Waals surface area (Å²) in [6.07, 6.45) is 0. The molecular formula is C19H15ClN4O3. The number of nitrogens with zero attached hydrogens (tertiary/aromatic N) is 3. The van der Waals surface area contributed by atoms with E-state index in [0.717, 1.165) is 5.56 Å². The first kappa shape index (κ1) is 17.2. The number of hydrogen-bond acceptors (Lipinski definition) is 5. The highest BCUT2D eigenvalue weighted by Gasteiger charge is 2.14. The van der Waals surface area contributed by atoms with Crippen molar-refractivity contribution in [2.75, 3.05) is 0 Å². The van der Waals surface area contributed by atoms with E-state index in [1.807, 2.05) is 13.8 Å². The zero-order valence-corrected chi connectivity index (χ0v) is 15.3. The molecule has 0 saturated heterocycles. The molecule has 2 aromatic carbocycles. The second kappa shape index (κ2) is 6.51. The Morgan fingerprint density at radius 1 is 1.07 bits per heavy atom. The van der Waals surface area contributed by atoms with Crippen LogP contribution in [0, 0.1) is 0 Å². The van der Waals surface area contributed by atoms with Crippen molar-refractivity contribution >= 4 is 22.6 Å². The Balaban J connectivity index is 1.81. The van der Waals surface area contributed by atoms with Gasteiger partial charge in [-0.1, -0.05) is 16.8 Å². The van der Waals surface area contributed by atoms with Gasteiger partial charge in [0.25, 0.3) is 5.89 Å². The molecule has 0 bridgehead atoms. The molecule has 136 valence electrons. The highest BCUT2D eigenvalue weighted by Crippen LogP contribution is 2.25. The van der Waals surface area contributed by atoms with Crippen LogP contribution in [-0.2, 0) is 0 Å². The van der Waals surface area contributed by atoms with Gasteiger partial charge in [-0.3, -0.25) is 14.2 Å². The van der Waals surface area contributed by atoms with Crippen molar-refractivity contribution in [2.45, 2.75) is 19.9 Å². The molecule has 7 nitrogen and oxygen atoms in total. The molecule has 0 atom stereocenters. The first-order valence-electron chi connectivity index (χ1n) is 8.32. The third kappa shape index (κ3) is 3.06. The number of rotatable bonds is 3. The molecule has 0 saturated carbocycles. The molecule has 0 amide bonds. The predicted molar refractivity (Wildman–Crippen MR) is 103 cm³/mol. The predicted octanol–water partition coefficient (Wildman–Crippen LogP) is 3.64. The van der Waals surface area contributed by atoms with E-state index in [1.54, 1.807) is 42.5 Å². The monoisotopic (exact) mass is 382 g/mol. The Hall–Kier alpha value is -3.19. The standard InChI is InChI=1S/C19H15ClN4O3/c1-10(2)24-15-8-5-12(9-14(15)21-17(25)19(24)26)16-22-18(27-23-16)11-3-6-13(20)7-4-11/h3-10H,1-2H3,(H,21,25). The summed E-state index contributed by atoms with van der Waals surface area (Å²) in [5.41, 5.74) is 1.35. The summed E-state index contributed by atoms with van der Waals surface area (Å²) in [5.74, 6) is 0.743. The van der Waals surface area contributed by atoms with E-state index in [-0.39, 0.29) is 6.04 Å². The lowest BCUT2D eigenvalue weighted by molar-refractivity contribution is 0.432. The fraction of sp³-hybridized carbons (Fsp3) is 0.158. The van der Waals surface area contributed by atoms with Crippen molar-refractivity contribution < 1.29 is 4.52 Å². The second-order valence-electron chi connectivity index (χ2n) is 6.38. The van der Waals surface area contributed by atoms with Crippen molar-refractivity contribution in [1.29, 1.82) is 0 Å². The molecule has 2 aromatic heterocycles. The van der Waals surface area contributed by atoms with Gasteiger partial charge in [-0.2, -0.15) is 4.98 Å². The van der Waals surface area contributed by atoms with Crippen LogP contribution < -0.4 is 11.1 Å². The van der Waals surface area contributed by atoms with Gasteiger partial charge in [-0.25, -0.2) is 0 Å². The molecule has 0 aliphatic carbocycles. The van der Waals surface area contributed by atoms with Gasteiger partial charge in [0.2, 0.25) is 5.82 Å². The van der Waals surface area contributed by atoms with Gasteiger partial charge in [-0.05, 0) is 56.3 Å². The maximum atomic E-state index is 12.1. The summed E-state index contributed by atoms with van der Waals surface area (Å²) >= 11 is 5.89. The maximum absolute atomic E-state index is 12.1. The second-order valence-corrected chi connectivity index (χ2v) is 6.82. The van der Waals surface area contributed by atoms with Crippen LogP contribution in [0.2, 0.25) is 5.02 Å². The van der Waals surface area contributed by atoms with E-state index < -0.39 is 11.1 Å². The van der Waals surface area contributed by atoms with Crippen molar-refractivity contribution in [2.24, 2.45) is 0 Å². The Bertz CT molecular complexity index is 1250. The Labute approximate surface area is 158 Å². The molecule has 0 fully saturated rings. The minimum atomic E-state index is -0.664. The molecule has 4 rings (SSSR count). The minimum Gasteiger partial charge on any atom is -0.334 e. The average Bonchev–Trinajstić information content (AvgIpc) is 3.13. The largest absolute Gasteiger partial charge is 0.334 e. The Kier molecular flexibility index (Phi) is 4.16. The topological polar surface area (TPSA) is 93.8 Å². The van der Waals surface area contributed by atoms with E-state index in [4.69, 9.17) is 16.1 Å². The minimum absolute atomic E-state index is 0.144. The zero-order chi connectivity index (χ0) is 19.1. The number of H-pyrrole nitrogens is 1. The van der Waals surface area contributed by atoms with Crippen LogP contribution in [0.1, 0.15) is 19.9 Å². The number of aromatic amines is 1. The molecule has 0 spiro atoms. The number of halogens is 1. The fourth-order valence-corrected chi connectivity index (χ4v) is 3.07. The fourth-order valence-electron chi connectivity index (χ4n) is 2.94. The van der Waals surface area contributed by atoms with Crippen molar-refractivity contribution in [3.63, 3.8) is 0 Å². The smallest absolute Gasteiger partial charge is 0.316 e. The van der Waals surface area contributed by atoms with Gasteiger partial charge in [0.15, 0.2) is 0 Å². The van der Waals surface area contributed by atoms with Crippen LogP contribution in [0.5, 0.6) is 0 Å². The number of aromatic nitrogens is 4. The van der Waals surface area contributed by atoms with Crippen LogP contribution in [0.4, 0.5) is 0 Å². The van der Waals surface area contributed by atoms with Crippen LogP contribution in [0.3, 0.4) is 0 Å². The van der Waals surface area contributed by atoms with Gasteiger partial charge in [0, 0.05) is 22.2 Å². The maximum Gasteiger partial charge on any atom is 0.316 e. The van der Waals surface area contributed by atoms with Crippen molar-refractivity contribution in [3.8, 4) is 22.8 Å². The van der Waals surface area contributed by atoms with Crippen LogP contribution in [0.15, 0.2) is 56.6 Å². The van der Waals surface area contributed by atoms with Crippen LogP contribution >= 0.6 is 11.6 Å². The van der Waals surface area contributed by atoms with Crippen LogP contribution in [-0.4, -0.2) is 19.7 Å². The van der Waals surface area contributed by atoms with Gasteiger partial charge >= 0.3 is 11.1 Å². The number of hydrogen-bond donors (Lipinski definition) is 1. The van der Waals surface area contributed by atoms with E-state index in [9.17, 15) is 9.59 Å².